The van der Waals surface area contributed by atoms with Crippen LogP contribution < -0.4 is 0 Å². The van der Waals surface area contributed by atoms with Gasteiger partial charge in [0.2, 0.25) is 0 Å². The van der Waals surface area contributed by atoms with Gasteiger partial charge in [0.05, 0.1) is 12.6 Å². The van der Waals surface area contributed by atoms with Crippen LogP contribution in [0.15, 0.2) is 30.3 Å². The number of alkyl halides is 2. The molecular formula is C17H24F2N2. The van der Waals surface area contributed by atoms with Gasteiger partial charge in [-0.2, -0.15) is 0 Å². The quantitative estimate of drug-likeness (QED) is 0.843. The van der Waals surface area contributed by atoms with E-state index in [1.807, 2.05) is 40.1 Å². The lowest BCUT2D eigenvalue weighted by atomic mass is 9.96. The number of piperidine rings is 2. The second kappa shape index (κ2) is 6.41. The number of hydrogen-bond donors (Lipinski definition) is 0. The zero-order chi connectivity index (χ0) is 14.7. The first kappa shape index (κ1) is 14.9. The molecule has 2 nitrogen and oxygen atoms in total. The average Bonchev–Trinajstić information content (AvgIpc) is 2.48. The predicted molar refractivity (Wildman–Crippen MR) is 80.5 cm³/mol. The second-order valence-electron chi connectivity index (χ2n) is 6.36. The van der Waals surface area contributed by atoms with Gasteiger partial charge in [-0.05, 0) is 37.9 Å². The summed E-state index contributed by atoms with van der Waals surface area (Å²) in [4.78, 5) is 3.93. The third-order valence-corrected chi connectivity index (χ3v) is 4.72. The van der Waals surface area contributed by atoms with Crippen molar-refractivity contribution in [2.24, 2.45) is 0 Å². The van der Waals surface area contributed by atoms with Gasteiger partial charge in [0.25, 0.3) is 5.92 Å². The Balaban J connectivity index is 1.61. The normalized spacial score (nSPS) is 27.6. The van der Waals surface area contributed by atoms with Crippen molar-refractivity contribution >= 4 is 0 Å². The van der Waals surface area contributed by atoms with Crippen LogP contribution in [0.2, 0.25) is 0 Å². The molecule has 0 amide bonds. The largest absolute Gasteiger partial charge is 0.295 e. The Labute approximate surface area is 125 Å². The second-order valence-corrected chi connectivity index (χ2v) is 6.36. The van der Waals surface area contributed by atoms with Crippen LogP contribution in [-0.4, -0.2) is 47.9 Å². The summed E-state index contributed by atoms with van der Waals surface area (Å²) in [7, 11) is 0. The molecule has 21 heavy (non-hydrogen) atoms. The summed E-state index contributed by atoms with van der Waals surface area (Å²) in [5.74, 6) is -2.59. The van der Waals surface area contributed by atoms with Crippen LogP contribution in [0.3, 0.4) is 0 Å². The first-order valence-electron chi connectivity index (χ1n) is 8.03. The standard InChI is InChI=1S/C17H24F2N2/c18-17(19)14-20(13-15-7-3-1-4-8-15)12-9-16(17)21-10-5-2-6-11-21/h1,3-4,7-8,16H,2,5-6,9-14H2. The van der Waals surface area contributed by atoms with Gasteiger partial charge in [-0.3, -0.25) is 9.80 Å². The van der Waals surface area contributed by atoms with Gasteiger partial charge in [-0.15, -0.1) is 0 Å². The summed E-state index contributed by atoms with van der Waals surface area (Å²) < 4.78 is 29.0. The topological polar surface area (TPSA) is 6.48 Å². The number of likely N-dealkylation sites (tertiary alicyclic amines) is 2. The average molecular weight is 294 g/mol. The first-order chi connectivity index (χ1) is 10.1. The molecule has 1 aromatic carbocycles. The molecule has 116 valence electrons. The Morgan fingerprint density at radius 2 is 1.71 bits per heavy atom. The third-order valence-electron chi connectivity index (χ3n) is 4.72. The highest BCUT2D eigenvalue weighted by Gasteiger charge is 2.47. The highest BCUT2D eigenvalue weighted by Crippen LogP contribution is 2.33. The highest BCUT2D eigenvalue weighted by atomic mass is 19.3. The van der Waals surface area contributed by atoms with Crippen LogP contribution in [0.4, 0.5) is 8.78 Å². The molecule has 2 saturated heterocycles. The molecule has 1 atom stereocenters. The Kier molecular flexibility index (Phi) is 4.55. The molecule has 1 unspecified atom stereocenters. The summed E-state index contributed by atoms with van der Waals surface area (Å²) in [5.41, 5.74) is 1.12. The lowest BCUT2D eigenvalue weighted by molar-refractivity contribution is -0.131. The van der Waals surface area contributed by atoms with Crippen molar-refractivity contribution in [1.82, 2.24) is 9.80 Å². The summed E-state index contributed by atoms with van der Waals surface area (Å²) in [6, 6.07) is 9.36. The van der Waals surface area contributed by atoms with E-state index >= 15 is 0 Å². The summed E-state index contributed by atoms with van der Waals surface area (Å²) in [5, 5.41) is 0. The van der Waals surface area contributed by atoms with Crippen molar-refractivity contribution in [2.75, 3.05) is 26.2 Å². The zero-order valence-corrected chi connectivity index (χ0v) is 12.5. The Morgan fingerprint density at radius 3 is 2.38 bits per heavy atom. The zero-order valence-electron chi connectivity index (χ0n) is 12.5. The molecule has 0 aromatic heterocycles. The van der Waals surface area contributed by atoms with Crippen LogP contribution in [0.5, 0.6) is 0 Å². The number of nitrogens with zero attached hydrogens (tertiary/aromatic N) is 2. The minimum absolute atomic E-state index is 0.108. The molecule has 0 bridgehead atoms. The molecule has 2 heterocycles. The van der Waals surface area contributed by atoms with Crippen molar-refractivity contribution in [3.63, 3.8) is 0 Å². The predicted octanol–water partition coefficient (Wildman–Crippen LogP) is 3.38. The molecule has 4 heteroatoms. The van der Waals surface area contributed by atoms with E-state index in [9.17, 15) is 8.78 Å². The fourth-order valence-corrected chi connectivity index (χ4v) is 3.65. The Bertz CT molecular complexity index is 443. The number of rotatable bonds is 3. The smallest absolute Gasteiger partial charge is 0.275 e. The summed E-state index contributed by atoms with van der Waals surface area (Å²) >= 11 is 0. The van der Waals surface area contributed by atoms with Crippen molar-refractivity contribution < 1.29 is 8.78 Å². The maximum absolute atomic E-state index is 14.5. The van der Waals surface area contributed by atoms with E-state index in [2.05, 4.69) is 0 Å². The fourth-order valence-electron chi connectivity index (χ4n) is 3.65. The van der Waals surface area contributed by atoms with Gasteiger partial charge >= 0.3 is 0 Å². The van der Waals surface area contributed by atoms with Gasteiger partial charge in [0, 0.05) is 13.1 Å². The molecule has 0 N–H and O–H groups in total. The summed E-state index contributed by atoms with van der Waals surface area (Å²) in [6.07, 6.45) is 3.91. The van der Waals surface area contributed by atoms with E-state index in [4.69, 9.17) is 0 Å². The van der Waals surface area contributed by atoms with Crippen LogP contribution in [0.25, 0.3) is 0 Å². The van der Waals surface area contributed by atoms with Gasteiger partial charge in [-0.1, -0.05) is 36.8 Å². The lowest BCUT2D eigenvalue weighted by Crippen LogP contribution is -2.58. The monoisotopic (exact) mass is 294 g/mol. The minimum Gasteiger partial charge on any atom is -0.295 e. The van der Waals surface area contributed by atoms with Gasteiger partial charge in [0.15, 0.2) is 0 Å². The van der Waals surface area contributed by atoms with E-state index in [1.54, 1.807) is 0 Å². The molecule has 2 fully saturated rings. The molecule has 0 aliphatic carbocycles. The van der Waals surface area contributed by atoms with E-state index in [0.29, 0.717) is 13.0 Å². The Morgan fingerprint density at radius 1 is 1.00 bits per heavy atom. The van der Waals surface area contributed by atoms with Gasteiger partial charge in [-0.25, -0.2) is 8.78 Å². The van der Waals surface area contributed by atoms with Crippen molar-refractivity contribution in [3.05, 3.63) is 35.9 Å². The molecule has 0 radical (unpaired) electrons. The van der Waals surface area contributed by atoms with Crippen LogP contribution in [0.1, 0.15) is 31.2 Å². The van der Waals surface area contributed by atoms with E-state index < -0.39 is 12.0 Å². The van der Waals surface area contributed by atoms with Crippen molar-refractivity contribution in [1.29, 1.82) is 0 Å². The molecule has 2 aliphatic rings. The van der Waals surface area contributed by atoms with Crippen LogP contribution in [-0.2, 0) is 6.54 Å². The molecular weight excluding hydrogens is 270 g/mol. The molecule has 3 rings (SSSR count). The van der Waals surface area contributed by atoms with E-state index in [0.717, 1.165) is 38.0 Å². The fraction of sp³-hybridized carbons (Fsp3) is 0.647. The number of benzene rings is 1. The molecule has 1 aromatic rings. The van der Waals surface area contributed by atoms with Gasteiger partial charge < -0.3 is 0 Å². The minimum atomic E-state index is -2.59. The van der Waals surface area contributed by atoms with Crippen molar-refractivity contribution in [3.8, 4) is 0 Å². The maximum atomic E-state index is 14.5. The van der Waals surface area contributed by atoms with Crippen LogP contribution in [0, 0.1) is 0 Å². The van der Waals surface area contributed by atoms with Crippen molar-refractivity contribution in [2.45, 2.75) is 44.2 Å². The van der Waals surface area contributed by atoms with E-state index in [1.165, 1.54) is 6.42 Å². The highest BCUT2D eigenvalue weighted by molar-refractivity contribution is 5.14. The van der Waals surface area contributed by atoms with E-state index in [-0.39, 0.29) is 6.54 Å². The first-order valence-corrected chi connectivity index (χ1v) is 8.03. The van der Waals surface area contributed by atoms with Crippen LogP contribution >= 0.6 is 0 Å². The number of hydrogen-bond acceptors (Lipinski definition) is 2. The lowest BCUT2D eigenvalue weighted by Gasteiger charge is -2.44. The maximum Gasteiger partial charge on any atom is 0.275 e. The summed E-state index contributed by atoms with van der Waals surface area (Å²) in [6.45, 7) is 2.98. The third kappa shape index (κ3) is 3.61. The molecule has 2 aliphatic heterocycles. The SMILES string of the molecule is FC1(F)CN(Cc2ccccc2)CCC1N1CCCCC1. The molecule has 0 spiro atoms. The van der Waals surface area contributed by atoms with Gasteiger partial charge in [0.1, 0.15) is 0 Å². The molecule has 0 saturated carbocycles. The Hall–Kier alpha value is -1.00. The number of halogens is 2.